The minimum Gasteiger partial charge on any atom is -0.315 e. The lowest BCUT2D eigenvalue weighted by Crippen LogP contribution is -2.58. The lowest BCUT2D eigenvalue weighted by Gasteiger charge is -2.44. The monoisotopic (exact) mass is 328 g/mol. The van der Waals surface area contributed by atoms with Gasteiger partial charge in [0.05, 0.1) is 0 Å². The summed E-state index contributed by atoms with van der Waals surface area (Å²) in [5, 5.41) is 4.99. The van der Waals surface area contributed by atoms with E-state index < -0.39 is 0 Å². The van der Waals surface area contributed by atoms with E-state index in [2.05, 4.69) is 37.2 Å². The van der Waals surface area contributed by atoms with E-state index in [0.717, 1.165) is 17.9 Å². The summed E-state index contributed by atoms with van der Waals surface area (Å²) in [7, 11) is 2.05. The van der Waals surface area contributed by atoms with Gasteiger partial charge in [0, 0.05) is 21.6 Å². The summed E-state index contributed by atoms with van der Waals surface area (Å²) in [5.74, 6) is 0. The van der Waals surface area contributed by atoms with E-state index in [4.69, 9.17) is 23.2 Å². The normalized spacial score (nSPS) is 20.4. The number of rotatable bonds is 6. The molecule has 2 atom stereocenters. The van der Waals surface area contributed by atoms with Gasteiger partial charge in [-0.1, -0.05) is 36.2 Å². The molecule has 1 N–H and O–H groups in total. The molecule has 21 heavy (non-hydrogen) atoms. The van der Waals surface area contributed by atoms with Gasteiger partial charge >= 0.3 is 0 Å². The summed E-state index contributed by atoms with van der Waals surface area (Å²) < 4.78 is 0. The number of likely N-dealkylation sites (N-methyl/N-ethyl adjacent to an activating group) is 1. The number of nitrogens with zero attached hydrogens (tertiary/aromatic N) is 1. The molecule has 0 bridgehead atoms. The number of benzene rings is 1. The van der Waals surface area contributed by atoms with Gasteiger partial charge in [-0.05, 0) is 70.4 Å². The van der Waals surface area contributed by atoms with E-state index in [9.17, 15) is 0 Å². The maximum atomic E-state index is 6.36. The van der Waals surface area contributed by atoms with Crippen LogP contribution in [0.3, 0.4) is 0 Å². The molecule has 2 unspecified atom stereocenters. The molecule has 1 aromatic rings. The van der Waals surface area contributed by atoms with E-state index in [0.29, 0.717) is 11.1 Å². The van der Waals surface area contributed by atoms with Gasteiger partial charge in [-0.15, -0.1) is 0 Å². The Morgan fingerprint density at radius 2 is 1.95 bits per heavy atom. The second-order valence-electron chi connectivity index (χ2n) is 6.19. The van der Waals surface area contributed by atoms with Crippen LogP contribution in [-0.2, 0) is 6.42 Å². The van der Waals surface area contributed by atoms with Crippen LogP contribution in [0, 0.1) is 0 Å². The number of hydrogen-bond donors (Lipinski definition) is 1. The van der Waals surface area contributed by atoms with Crippen molar-refractivity contribution in [2.45, 2.75) is 51.1 Å². The number of nitrogens with one attached hydrogen (secondary N) is 1. The van der Waals surface area contributed by atoms with Crippen LogP contribution in [0.4, 0.5) is 0 Å². The van der Waals surface area contributed by atoms with Crippen LogP contribution in [0.15, 0.2) is 18.2 Å². The molecule has 0 amide bonds. The zero-order chi connectivity index (χ0) is 15.5. The number of hydrogen-bond acceptors (Lipinski definition) is 2. The molecule has 0 aliphatic carbocycles. The average molecular weight is 329 g/mol. The van der Waals surface area contributed by atoms with E-state index in [1.54, 1.807) is 0 Å². The molecule has 118 valence electrons. The minimum absolute atomic E-state index is 0.161. The highest BCUT2D eigenvalue weighted by atomic mass is 35.5. The van der Waals surface area contributed by atoms with Crippen molar-refractivity contribution >= 4 is 23.2 Å². The van der Waals surface area contributed by atoms with Gasteiger partial charge in [0.2, 0.25) is 0 Å². The van der Waals surface area contributed by atoms with Crippen molar-refractivity contribution in [3.05, 3.63) is 33.8 Å². The van der Waals surface area contributed by atoms with Gasteiger partial charge in [0.15, 0.2) is 0 Å². The Balaban J connectivity index is 2.20. The van der Waals surface area contributed by atoms with Crippen molar-refractivity contribution in [3.63, 3.8) is 0 Å². The Labute approximate surface area is 138 Å². The number of halogens is 2. The lowest BCUT2D eigenvalue weighted by atomic mass is 9.83. The SMILES string of the molecule is CCC(C)(C(Cc1ccc(Cl)cc1Cl)NC)N1CCCC1. The van der Waals surface area contributed by atoms with E-state index in [-0.39, 0.29) is 5.54 Å². The standard InChI is InChI=1S/C17H26Cl2N2/c1-4-17(2,21-9-5-6-10-21)16(20-3)11-13-7-8-14(18)12-15(13)19/h7-8,12,16,20H,4-6,9-11H2,1-3H3. The van der Waals surface area contributed by atoms with Crippen LogP contribution >= 0.6 is 23.2 Å². The lowest BCUT2D eigenvalue weighted by molar-refractivity contribution is 0.0873. The summed E-state index contributed by atoms with van der Waals surface area (Å²) in [6.07, 6.45) is 4.68. The van der Waals surface area contributed by atoms with E-state index in [1.165, 1.54) is 31.5 Å². The molecule has 2 nitrogen and oxygen atoms in total. The summed E-state index contributed by atoms with van der Waals surface area (Å²) >= 11 is 12.4. The topological polar surface area (TPSA) is 15.3 Å². The van der Waals surface area contributed by atoms with Crippen molar-refractivity contribution < 1.29 is 0 Å². The zero-order valence-electron chi connectivity index (χ0n) is 13.3. The summed E-state index contributed by atoms with van der Waals surface area (Å²) in [6, 6.07) is 6.19. The van der Waals surface area contributed by atoms with Gasteiger partial charge in [-0.3, -0.25) is 4.90 Å². The van der Waals surface area contributed by atoms with Gasteiger partial charge in [-0.25, -0.2) is 0 Å². The van der Waals surface area contributed by atoms with Crippen molar-refractivity contribution in [2.75, 3.05) is 20.1 Å². The highest BCUT2D eigenvalue weighted by Crippen LogP contribution is 2.31. The fourth-order valence-electron chi connectivity index (χ4n) is 3.46. The smallest absolute Gasteiger partial charge is 0.0453 e. The third kappa shape index (κ3) is 3.73. The predicted octanol–water partition coefficient (Wildman–Crippen LogP) is 4.39. The largest absolute Gasteiger partial charge is 0.315 e. The van der Waals surface area contributed by atoms with E-state index in [1.807, 2.05) is 12.1 Å². The Kier molecular flexibility index (Phi) is 5.96. The summed E-state index contributed by atoms with van der Waals surface area (Å²) in [6.45, 7) is 7.07. The zero-order valence-corrected chi connectivity index (χ0v) is 14.8. The maximum Gasteiger partial charge on any atom is 0.0453 e. The van der Waals surface area contributed by atoms with Gasteiger partial charge < -0.3 is 5.32 Å². The highest BCUT2D eigenvalue weighted by molar-refractivity contribution is 6.35. The molecule has 0 spiro atoms. The van der Waals surface area contributed by atoms with Crippen molar-refractivity contribution in [1.82, 2.24) is 10.2 Å². The Morgan fingerprint density at radius 3 is 2.48 bits per heavy atom. The third-order valence-corrected chi connectivity index (χ3v) is 5.67. The number of likely N-dealkylation sites (tertiary alicyclic amines) is 1. The fourth-order valence-corrected chi connectivity index (χ4v) is 3.94. The van der Waals surface area contributed by atoms with Crippen LogP contribution in [0.1, 0.15) is 38.7 Å². The van der Waals surface area contributed by atoms with Crippen LogP contribution in [0.25, 0.3) is 0 Å². The summed E-state index contributed by atoms with van der Waals surface area (Å²) in [4.78, 5) is 2.64. The van der Waals surface area contributed by atoms with Crippen molar-refractivity contribution in [1.29, 1.82) is 0 Å². The molecule has 1 aromatic carbocycles. The predicted molar refractivity (Wildman–Crippen MR) is 92.5 cm³/mol. The molecular formula is C17H26Cl2N2. The molecule has 0 saturated carbocycles. The Morgan fingerprint density at radius 1 is 1.29 bits per heavy atom. The Hall–Kier alpha value is -0.280. The van der Waals surface area contributed by atoms with Gasteiger partial charge in [-0.2, -0.15) is 0 Å². The maximum absolute atomic E-state index is 6.36. The molecule has 0 aromatic heterocycles. The average Bonchev–Trinajstić information content (AvgIpc) is 3.00. The van der Waals surface area contributed by atoms with Crippen molar-refractivity contribution in [2.24, 2.45) is 0 Å². The molecule has 1 aliphatic heterocycles. The Bertz CT molecular complexity index is 472. The quantitative estimate of drug-likeness (QED) is 0.833. The molecule has 1 heterocycles. The molecule has 1 saturated heterocycles. The van der Waals surface area contributed by atoms with Crippen molar-refractivity contribution in [3.8, 4) is 0 Å². The highest BCUT2D eigenvalue weighted by Gasteiger charge is 2.38. The minimum atomic E-state index is 0.161. The second-order valence-corrected chi connectivity index (χ2v) is 7.03. The fraction of sp³-hybridized carbons (Fsp3) is 0.647. The second kappa shape index (κ2) is 7.32. The first-order valence-electron chi connectivity index (χ1n) is 7.87. The molecule has 0 radical (unpaired) electrons. The van der Waals surface area contributed by atoms with Crippen LogP contribution in [-0.4, -0.2) is 36.6 Å². The first-order valence-corrected chi connectivity index (χ1v) is 8.63. The molecule has 1 fully saturated rings. The van der Waals surface area contributed by atoms with Crippen LogP contribution in [0.5, 0.6) is 0 Å². The van der Waals surface area contributed by atoms with Gasteiger partial charge in [0.1, 0.15) is 0 Å². The first-order chi connectivity index (χ1) is 10.0. The van der Waals surface area contributed by atoms with Gasteiger partial charge in [0.25, 0.3) is 0 Å². The van der Waals surface area contributed by atoms with E-state index >= 15 is 0 Å². The molecular weight excluding hydrogens is 303 g/mol. The van der Waals surface area contributed by atoms with Crippen LogP contribution < -0.4 is 5.32 Å². The molecule has 1 aliphatic rings. The van der Waals surface area contributed by atoms with Crippen LogP contribution in [0.2, 0.25) is 10.0 Å². The summed E-state index contributed by atoms with van der Waals surface area (Å²) in [5.41, 5.74) is 1.33. The molecule has 4 heteroatoms. The third-order valence-electron chi connectivity index (χ3n) is 5.08. The molecule has 2 rings (SSSR count). The first kappa shape index (κ1) is 17.1.